The van der Waals surface area contributed by atoms with E-state index in [2.05, 4.69) is 15.8 Å². The minimum absolute atomic E-state index is 0.0917. The van der Waals surface area contributed by atoms with E-state index in [4.69, 9.17) is 14.0 Å². The van der Waals surface area contributed by atoms with Crippen molar-refractivity contribution in [2.75, 3.05) is 18.5 Å². The molecule has 10 heteroatoms. The zero-order chi connectivity index (χ0) is 25.1. The summed E-state index contributed by atoms with van der Waals surface area (Å²) in [7, 11) is 0. The predicted molar refractivity (Wildman–Crippen MR) is 128 cm³/mol. The number of fused-ring (bicyclic) bond motifs is 1. The molecule has 194 valence electrons. The fraction of sp³-hybridized carbons (Fsp3) is 0.692. The molecule has 1 aromatic heterocycles. The molecule has 5 heterocycles. The maximum Gasteiger partial charge on any atom is 0.246 e. The third-order valence-corrected chi connectivity index (χ3v) is 8.58. The van der Waals surface area contributed by atoms with Crippen LogP contribution in [0.25, 0.3) is 0 Å². The minimum atomic E-state index is -1.20. The Hall–Kier alpha value is -2.72. The van der Waals surface area contributed by atoms with E-state index in [9.17, 15) is 14.4 Å². The highest BCUT2D eigenvalue weighted by Crippen LogP contribution is 2.60. The van der Waals surface area contributed by atoms with Gasteiger partial charge in [0.15, 0.2) is 5.82 Å². The van der Waals surface area contributed by atoms with Crippen LogP contribution >= 0.6 is 0 Å². The summed E-state index contributed by atoms with van der Waals surface area (Å²) in [6.07, 6.45) is 10.5. The van der Waals surface area contributed by atoms with Crippen LogP contribution in [0, 0.1) is 18.8 Å². The van der Waals surface area contributed by atoms with E-state index in [0.29, 0.717) is 18.9 Å². The molecule has 2 bridgehead atoms. The number of nitrogens with zero attached hydrogens (tertiary/aromatic N) is 2. The molecular formula is C26H34N4O6. The van der Waals surface area contributed by atoms with Crippen molar-refractivity contribution in [1.29, 1.82) is 0 Å². The molecule has 1 aromatic rings. The second kappa shape index (κ2) is 8.69. The van der Waals surface area contributed by atoms with Gasteiger partial charge in [-0.25, -0.2) is 0 Å². The fourth-order valence-corrected chi connectivity index (χ4v) is 6.99. The normalized spacial score (nSPS) is 37.5. The van der Waals surface area contributed by atoms with Gasteiger partial charge in [0.25, 0.3) is 0 Å². The van der Waals surface area contributed by atoms with Gasteiger partial charge in [-0.3, -0.25) is 14.4 Å². The van der Waals surface area contributed by atoms with Gasteiger partial charge in [0.1, 0.15) is 17.4 Å². The van der Waals surface area contributed by atoms with Gasteiger partial charge in [-0.2, -0.15) is 0 Å². The molecule has 3 saturated heterocycles. The van der Waals surface area contributed by atoms with Gasteiger partial charge >= 0.3 is 0 Å². The summed E-state index contributed by atoms with van der Waals surface area (Å²) < 4.78 is 17.5. The number of nitrogens with one attached hydrogen (secondary N) is 2. The van der Waals surface area contributed by atoms with Gasteiger partial charge in [0.2, 0.25) is 17.7 Å². The Morgan fingerprint density at radius 1 is 1.14 bits per heavy atom. The molecule has 4 aliphatic heterocycles. The molecule has 2 N–H and O–H groups in total. The van der Waals surface area contributed by atoms with E-state index in [0.717, 1.165) is 38.5 Å². The highest BCUT2D eigenvalue weighted by Gasteiger charge is 2.76. The fourth-order valence-electron chi connectivity index (χ4n) is 6.99. The number of hydrogen-bond acceptors (Lipinski definition) is 7. The second-order valence-corrected chi connectivity index (χ2v) is 11.1. The molecule has 0 unspecified atom stereocenters. The molecule has 0 aromatic carbocycles. The van der Waals surface area contributed by atoms with E-state index in [1.165, 1.54) is 6.42 Å². The van der Waals surface area contributed by atoms with Gasteiger partial charge in [0, 0.05) is 25.3 Å². The molecule has 3 amide bonds. The molecule has 1 saturated carbocycles. The van der Waals surface area contributed by atoms with Crippen LogP contribution in [0.4, 0.5) is 5.82 Å². The van der Waals surface area contributed by atoms with E-state index in [-0.39, 0.29) is 35.7 Å². The molecule has 36 heavy (non-hydrogen) atoms. The lowest BCUT2D eigenvalue weighted by molar-refractivity contribution is -0.145. The number of anilines is 1. The number of carbonyl (C=O) groups excluding carboxylic acids is 3. The lowest BCUT2D eigenvalue weighted by atomic mass is 9.70. The standard InChI is InChI=1S/C26H34N4O6/c1-15-13-18(29-35-15)28-22(31)19-20-24(33)30(14-17-9-6-12-34-17)21(26(20)11-10-25(19,2)36-26)23(32)27-16-7-4-3-5-8-16/h10-11,13,16-17,19-21H,3-9,12,14H2,1-2H3,(H,27,32)(H,28,29,31)/t17-,19+,20-,21+,25-,26-/m1/s1. The lowest BCUT2D eigenvalue weighted by Crippen LogP contribution is -2.57. The zero-order valence-electron chi connectivity index (χ0n) is 20.8. The Balaban J connectivity index is 1.33. The van der Waals surface area contributed by atoms with Crippen LogP contribution in [0.15, 0.2) is 22.7 Å². The molecule has 1 spiro atoms. The molecule has 5 aliphatic rings. The number of rotatable bonds is 6. The average molecular weight is 499 g/mol. The minimum Gasteiger partial charge on any atom is -0.376 e. The number of aryl methyl sites for hydroxylation is 1. The first-order chi connectivity index (χ1) is 17.3. The van der Waals surface area contributed by atoms with Crippen molar-refractivity contribution in [1.82, 2.24) is 15.4 Å². The maximum absolute atomic E-state index is 14.0. The van der Waals surface area contributed by atoms with Crippen molar-refractivity contribution in [3.63, 3.8) is 0 Å². The van der Waals surface area contributed by atoms with Gasteiger partial charge < -0.3 is 29.5 Å². The Labute approximate surface area is 210 Å². The van der Waals surface area contributed by atoms with Crippen molar-refractivity contribution in [2.45, 2.75) is 88.2 Å². The molecule has 10 nitrogen and oxygen atoms in total. The summed E-state index contributed by atoms with van der Waals surface area (Å²) in [5.74, 6) is -1.60. The largest absolute Gasteiger partial charge is 0.376 e. The van der Waals surface area contributed by atoms with Crippen LogP contribution in [-0.2, 0) is 23.9 Å². The smallest absolute Gasteiger partial charge is 0.246 e. The highest BCUT2D eigenvalue weighted by molar-refractivity contribution is 6.03. The monoisotopic (exact) mass is 498 g/mol. The van der Waals surface area contributed by atoms with Crippen LogP contribution in [0.5, 0.6) is 0 Å². The topological polar surface area (TPSA) is 123 Å². The number of ether oxygens (including phenoxy) is 2. The van der Waals surface area contributed by atoms with E-state index < -0.39 is 29.1 Å². The van der Waals surface area contributed by atoms with Crippen LogP contribution in [0.1, 0.15) is 57.6 Å². The predicted octanol–water partition coefficient (Wildman–Crippen LogP) is 2.09. The molecular weight excluding hydrogens is 464 g/mol. The van der Waals surface area contributed by atoms with Crippen LogP contribution in [0.2, 0.25) is 0 Å². The van der Waals surface area contributed by atoms with Crippen molar-refractivity contribution in [3.05, 3.63) is 24.0 Å². The van der Waals surface area contributed by atoms with Gasteiger partial charge in [-0.15, -0.1) is 0 Å². The van der Waals surface area contributed by atoms with Gasteiger partial charge in [0.05, 0.1) is 23.5 Å². The van der Waals surface area contributed by atoms with Crippen molar-refractivity contribution < 1.29 is 28.4 Å². The number of likely N-dealkylation sites (tertiary alicyclic amines) is 1. The van der Waals surface area contributed by atoms with E-state index >= 15 is 0 Å². The number of amides is 3. The first-order valence-electron chi connectivity index (χ1n) is 13.2. The number of aromatic nitrogens is 1. The summed E-state index contributed by atoms with van der Waals surface area (Å²) in [6.45, 7) is 4.51. The molecule has 0 radical (unpaired) electrons. The van der Waals surface area contributed by atoms with Crippen molar-refractivity contribution >= 4 is 23.5 Å². The number of hydrogen-bond donors (Lipinski definition) is 2. The third-order valence-electron chi connectivity index (χ3n) is 8.58. The third kappa shape index (κ3) is 3.68. The van der Waals surface area contributed by atoms with Gasteiger partial charge in [-0.05, 0) is 39.5 Å². The summed E-state index contributed by atoms with van der Waals surface area (Å²) >= 11 is 0. The van der Waals surface area contributed by atoms with Crippen LogP contribution in [-0.4, -0.2) is 70.3 Å². The van der Waals surface area contributed by atoms with E-state index in [1.807, 2.05) is 19.1 Å². The first-order valence-corrected chi connectivity index (χ1v) is 13.2. The van der Waals surface area contributed by atoms with Crippen LogP contribution in [0.3, 0.4) is 0 Å². The summed E-state index contributed by atoms with van der Waals surface area (Å²) in [5, 5.41) is 9.87. The number of carbonyl (C=O) groups is 3. The maximum atomic E-state index is 14.0. The lowest BCUT2D eigenvalue weighted by Gasteiger charge is -2.35. The van der Waals surface area contributed by atoms with E-state index in [1.54, 1.807) is 17.9 Å². The highest BCUT2D eigenvalue weighted by atomic mass is 16.5. The quantitative estimate of drug-likeness (QED) is 0.576. The van der Waals surface area contributed by atoms with Gasteiger partial charge in [-0.1, -0.05) is 36.6 Å². The average Bonchev–Trinajstić information content (AvgIpc) is 3.64. The Morgan fingerprint density at radius 3 is 2.64 bits per heavy atom. The second-order valence-electron chi connectivity index (χ2n) is 11.1. The molecule has 4 fully saturated rings. The Morgan fingerprint density at radius 2 is 1.94 bits per heavy atom. The van der Waals surface area contributed by atoms with Crippen molar-refractivity contribution in [2.24, 2.45) is 11.8 Å². The molecule has 6 rings (SSSR count). The first kappa shape index (κ1) is 23.7. The molecule has 1 aliphatic carbocycles. The molecule has 6 atom stereocenters. The summed E-state index contributed by atoms with van der Waals surface area (Å²) in [4.78, 5) is 43.1. The SMILES string of the molecule is Cc1cc(NC(=O)[C@@H]2[C@@H]3C(=O)N(C[C@H]4CCCO4)[C@@H](C(=O)NC4CCCCC4)[C@@]34C=C[C@@]2(C)O4)no1. The van der Waals surface area contributed by atoms with Crippen LogP contribution < -0.4 is 10.6 Å². The zero-order valence-corrected chi connectivity index (χ0v) is 20.8. The Bertz CT molecular complexity index is 1090. The summed E-state index contributed by atoms with van der Waals surface area (Å²) in [6, 6.07) is 0.862. The summed E-state index contributed by atoms with van der Waals surface area (Å²) in [5.41, 5.74) is -2.21. The van der Waals surface area contributed by atoms with Crippen molar-refractivity contribution in [3.8, 4) is 0 Å². The Kier molecular flexibility index (Phi) is 5.71.